The number of aromatic nitrogens is 1. The van der Waals surface area contributed by atoms with Crippen molar-refractivity contribution in [2.75, 3.05) is 14.2 Å². The van der Waals surface area contributed by atoms with Gasteiger partial charge in [-0.05, 0) is 12.1 Å². The number of carboxylic acid groups (broad SMARTS) is 1. The first-order chi connectivity index (χ1) is 9.55. The van der Waals surface area contributed by atoms with Crippen molar-refractivity contribution in [2.24, 2.45) is 5.73 Å². The van der Waals surface area contributed by atoms with E-state index in [9.17, 15) is 4.79 Å². The lowest BCUT2D eigenvalue weighted by Crippen LogP contribution is -2.20. The van der Waals surface area contributed by atoms with Gasteiger partial charge >= 0.3 is 5.97 Å². The van der Waals surface area contributed by atoms with Gasteiger partial charge in [0.1, 0.15) is 22.5 Å². The van der Waals surface area contributed by atoms with E-state index in [1.807, 2.05) is 0 Å². The second-order valence-electron chi connectivity index (χ2n) is 3.99. The van der Waals surface area contributed by atoms with Crippen LogP contribution >= 0.6 is 11.3 Å². The van der Waals surface area contributed by atoms with Crippen LogP contribution in [0.4, 0.5) is 0 Å². The molecule has 106 valence electrons. The van der Waals surface area contributed by atoms with Gasteiger partial charge < -0.3 is 20.3 Å². The lowest BCUT2D eigenvalue weighted by atomic mass is 10.2. The predicted octanol–water partition coefficient (Wildman–Crippen LogP) is 1.91. The van der Waals surface area contributed by atoms with Gasteiger partial charge in [0.25, 0.3) is 0 Å². The molecule has 0 radical (unpaired) electrons. The molecule has 0 spiro atoms. The van der Waals surface area contributed by atoms with Crippen molar-refractivity contribution in [1.29, 1.82) is 0 Å². The van der Waals surface area contributed by atoms with Crippen molar-refractivity contribution in [3.05, 3.63) is 29.3 Å². The average Bonchev–Trinajstić information content (AvgIpc) is 2.95. The standard InChI is InChI=1S/C13H14N2O4S/c1-18-8-3-7(4-9(5-8)19-2)12-15-10(6-20-12)11(14)13(16)17/h3-6,11H,14H2,1-2H3,(H,16,17). The van der Waals surface area contributed by atoms with Crippen LogP contribution in [0.3, 0.4) is 0 Å². The summed E-state index contributed by atoms with van der Waals surface area (Å²) in [5.74, 6) is 0.169. The smallest absolute Gasteiger partial charge is 0.326 e. The molecule has 0 aliphatic heterocycles. The largest absolute Gasteiger partial charge is 0.497 e. The number of nitrogens with two attached hydrogens (primary N) is 1. The fourth-order valence-electron chi connectivity index (χ4n) is 1.62. The highest BCUT2D eigenvalue weighted by atomic mass is 32.1. The summed E-state index contributed by atoms with van der Waals surface area (Å²) in [5.41, 5.74) is 6.66. The number of hydrogen-bond acceptors (Lipinski definition) is 6. The van der Waals surface area contributed by atoms with Gasteiger partial charge in [0.05, 0.1) is 19.9 Å². The molecule has 20 heavy (non-hydrogen) atoms. The zero-order valence-electron chi connectivity index (χ0n) is 11.0. The monoisotopic (exact) mass is 294 g/mol. The Balaban J connectivity index is 2.39. The first-order valence-electron chi connectivity index (χ1n) is 5.72. The Kier molecular flexibility index (Phi) is 4.21. The predicted molar refractivity (Wildman–Crippen MR) is 75.2 cm³/mol. The molecular formula is C13H14N2O4S. The third-order valence-electron chi connectivity index (χ3n) is 2.71. The maximum atomic E-state index is 10.8. The zero-order chi connectivity index (χ0) is 14.7. The molecule has 6 nitrogen and oxygen atoms in total. The van der Waals surface area contributed by atoms with Gasteiger partial charge in [-0.25, -0.2) is 4.98 Å². The fraction of sp³-hybridized carbons (Fsp3) is 0.231. The normalized spacial score (nSPS) is 11.9. The lowest BCUT2D eigenvalue weighted by molar-refractivity contribution is -0.138. The molecule has 1 atom stereocenters. The summed E-state index contributed by atoms with van der Waals surface area (Å²) >= 11 is 1.32. The summed E-state index contributed by atoms with van der Waals surface area (Å²) in [5, 5.41) is 11.2. The van der Waals surface area contributed by atoms with Crippen LogP contribution in [0.1, 0.15) is 11.7 Å². The Hall–Kier alpha value is -2.12. The molecule has 1 heterocycles. The number of carbonyl (C=O) groups is 1. The van der Waals surface area contributed by atoms with Crippen LogP contribution in [-0.2, 0) is 4.79 Å². The first-order valence-corrected chi connectivity index (χ1v) is 6.60. The second-order valence-corrected chi connectivity index (χ2v) is 4.85. The van der Waals surface area contributed by atoms with Crippen LogP contribution in [0.25, 0.3) is 10.6 Å². The Labute approximate surface area is 119 Å². The second kappa shape index (κ2) is 5.89. The number of ether oxygens (including phenoxy) is 2. The minimum Gasteiger partial charge on any atom is -0.497 e. The number of benzene rings is 1. The van der Waals surface area contributed by atoms with E-state index < -0.39 is 12.0 Å². The van der Waals surface area contributed by atoms with Crippen LogP contribution in [0, 0.1) is 0 Å². The van der Waals surface area contributed by atoms with Crippen LogP contribution in [0.5, 0.6) is 11.5 Å². The highest BCUT2D eigenvalue weighted by molar-refractivity contribution is 7.13. The highest BCUT2D eigenvalue weighted by Gasteiger charge is 2.18. The molecule has 0 amide bonds. The van der Waals surface area contributed by atoms with Gasteiger partial charge in [-0.2, -0.15) is 0 Å². The summed E-state index contributed by atoms with van der Waals surface area (Å²) in [6, 6.07) is 4.24. The molecule has 0 aliphatic carbocycles. The SMILES string of the molecule is COc1cc(OC)cc(-c2nc(C(N)C(=O)O)cs2)c1. The van der Waals surface area contributed by atoms with Gasteiger partial charge in [0.2, 0.25) is 0 Å². The van der Waals surface area contributed by atoms with Gasteiger partial charge in [-0.3, -0.25) is 4.79 Å². The molecule has 1 aromatic carbocycles. The maximum absolute atomic E-state index is 10.8. The molecule has 1 unspecified atom stereocenters. The van der Waals surface area contributed by atoms with Crippen molar-refractivity contribution >= 4 is 17.3 Å². The number of hydrogen-bond donors (Lipinski definition) is 2. The topological polar surface area (TPSA) is 94.7 Å². The summed E-state index contributed by atoms with van der Waals surface area (Å²) < 4.78 is 10.4. The number of thiazole rings is 1. The molecule has 1 aromatic heterocycles. The molecule has 2 rings (SSSR count). The lowest BCUT2D eigenvalue weighted by Gasteiger charge is -2.06. The van der Waals surface area contributed by atoms with E-state index in [1.54, 1.807) is 37.8 Å². The van der Waals surface area contributed by atoms with Gasteiger partial charge in [0.15, 0.2) is 0 Å². The third-order valence-corrected chi connectivity index (χ3v) is 3.61. The molecule has 0 fully saturated rings. The molecule has 7 heteroatoms. The van der Waals surface area contributed by atoms with Gasteiger partial charge in [0, 0.05) is 17.0 Å². The van der Waals surface area contributed by atoms with Crippen molar-refractivity contribution in [1.82, 2.24) is 4.98 Å². The Morgan fingerprint density at radius 3 is 2.40 bits per heavy atom. The summed E-state index contributed by atoms with van der Waals surface area (Å²) in [7, 11) is 3.12. The molecule has 3 N–H and O–H groups in total. The first kappa shape index (κ1) is 14.3. The number of carboxylic acids is 1. The summed E-state index contributed by atoms with van der Waals surface area (Å²) in [6.07, 6.45) is 0. The Morgan fingerprint density at radius 2 is 1.90 bits per heavy atom. The van der Waals surface area contributed by atoms with Crippen molar-refractivity contribution in [3.63, 3.8) is 0 Å². The zero-order valence-corrected chi connectivity index (χ0v) is 11.8. The molecule has 2 aromatic rings. The van der Waals surface area contributed by atoms with E-state index in [0.29, 0.717) is 22.2 Å². The highest BCUT2D eigenvalue weighted by Crippen LogP contribution is 2.32. The fourth-order valence-corrected chi connectivity index (χ4v) is 2.46. The third kappa shape index (κ3) is 2.89. The van der Waals surface area contributed by atoms with E-state index in [1.165, 1.54) is 11.3 Å². The average molecular weight is 294 g/mol. The number of rotatable bonds is 5. The Morgan fingerprint density at radius 1 is 1.30 bits per heavy atom. The summed E-state index contributed by atoms with van der Waals surface area (Å²) in [6.45, 7) is 0. The molecule has 0 bridgehead atoms. The number of aliphatic carboxylic acids is 1. The van der Waals surface area contributed by atoms with Crippen LogP contribution in [-0.4, -0.2) is 30.3 Å². The molecule has 0 saturated carbocycles. The minimum absolute atomic E-state index is 0.333. The van der Waals surface area contributed by atoms with Gasteiger partial charge in [-0.1, -0.05) is 0 Å². The van der Waals surface area contributed by atoms with Gasteiger partial charge in [-0.15, -0.1) is 11.3 Å². The van der Waals surface area contributed by atoms with Crippen LogP contribution in [0.15, 0.2) is 23.6 Å². The van der Waals surface area contributed by atoms with E-state index in [2.05, 4.69) is 4.98 Å². The van der Waals surface area contributed by atoms with E-state index >= 15 is 0 Å². The molecule has 0 saturated heterocycles. The van der Waals surface area contributed by atoms with Crippen molar-refractivity contribution in [2.45, 2.75) is 6.04 Å². The van der Waals surface area contributed by atoms with E-state index in [0.717, 1.165) is 5.56 Å². The van der Waals surface area contributed by atoms with E-state index in [4.69, 9.17) is 20.3 Å². The van der Waals surface area contributed by atoms with Crippen LogP contribution < -0.4 is 15.2 Å². The minimum atomic E-state index is -1.12. The number of nitrogens with zero attached hydrogens (tertiary/aromatic N) is 1. The quantitative estimate of drug-likeness (QED) is 0.874. The maximum Gasteiger partial charge on any atom is 0.326 e. The number of methoxy groups -OCH3 is 2. The van der Waals surface area contributed by atoms with Crippen molar-refractivity contribution in [3.8, 4) is 22.1 Å². The Bertz CT molecular complexity index is 604. The van der Waals surface area contributed by atoms with E-state index in [-0.39, 0.29) is 0 Å². The van der Waals surface area contributed by atoms with Crippen LogP contribution in [0.2, 0.25) is 0 Å². The molecular weight excluding hydrogens is 280 g/mol. The summed E-state index contributed by atoms with van der Waals surface area (Å²) in [4.78, 5) is 15.1. The molecule has 0 aliphatic rings. The van der Waals surface area contributed by atoms with Crippen molar-refractivity contribution < 1.29 is 19.4 Å².